The van der Waals surface area contributed by atoms with Gasteiger partial charge in [-0.3, -0.25) is 4.98 Å². The second kappa shape index (κ2) is 7.00. The van der Waals surface area contributed by atoms with Crippen LogP contribution in [0.1, 0.15) is 18.2 Å². The molecule has 1 aromatic heterocycles. The molecule has 2 N–H and O–H groups in total. The zero-order valence-electron chi connectivity index (χ0n) is 8.05. The lowest BCUT2D eigenvalue weighted by Gasteiger charge is -2.03. The van der Waals surface area contributed by atoms with Gasteiger partial charge in [-0.05, 0) is 13.0 Å². The topological polar surface area (TPSA) is 37.0 Å². The predicted octanol–water partition coefficient (Wildman–Crippen LogP) is 1.23. The van der Waals surface area contributed by atoms with E-state index >= 15 is 0 Å². The van der Waals surface area contributed by atoms with E-state index in [1.54, 1.807) is 11.3 Å². The van der Waals surface area contributed by atoms with Crippen molar-refractivity contribution in [2.75, 3.05) is 19.6 Å². The van der Waals surface area contributed by atoms with Gasteiger partial charge in [0.25, 0.3) is 0 Å². The van der Waals surface area contributed by atoms with Crippen LogP contribution in [-0.4, -0.2) is 24.6 Å². The number of hydrogen-bond acceptors (Lipinski definition) is 4. The fraction of sp³-hybridized carbons (Fsp3) is 0.667. The molecule has 74 valence electrons. The summed E-state index contributed by atoms with van der Waals surface area (Å²) in [4.78, 5) is 5.31. The normalized spacial score (nSPS) is 10.5. The predicted molar refractivity (Wildman–Crippen MR) is 57.0 cm³/mol. The van der Waals surface area contributed by atoms with Gasteiger partial charge in [0.15, 0.2) is 0 Å². The summed E-state index contributed by atoms with van der Waals surface area (Å²) in [6.45, 7) is 6.31. The molecule has 0 saturated carbocycles. The maximum absolute atomic E-state index is 4.01. The Morgan fingerprint density at radius 3 is 2.85 bits per heavy atom. The van der Waals surface area contributed by atoms with Gasteiger partial charge in [-0.25, -0.2) is 0 Å². The minimum absolute atomic E-state index is 0.943. The summed E-state index contributed by atoms with van der Waals surface area (Å²) in [5.74, 6) is 0. The van der Waals surface area contributed by atoms with E-state index in [4.69, 9.17) is 0 Å². The molecule has 0 bridgehead atoms. The van der Waals surface area contributed by atoms with Gasteiger partial charge in [0, 0.05) is 30.7 Å². The van der Waals surface area contributed by atoms with E-state index in [1.807, 2.05) is 11.7 Å². The van der Waals surface area contributed by atoms with Gasteiger partial charge in [0.2, 0.25) is 0 Å². The second-order valence-electron chi connectivity index (χ2n) is 2.89. The summed E-state index contributed by atoms with van der Waals surface area (Å²) in [5.41, 5.74) is 1.87. The largest absolute Gasteiger partial charge is 0.315 e. The molecular weight excluding hydrogens is 182 g/mol. The third-order valence-electron chi connectivity index (χ3n) is 1.69. The average Bonchev–Trinajstić information content (AvgIpc) is 2.63. The van der Waals surface area contributed by atoms with Crippen LogP contribution in [0.5, 0.6) is 0 Å². The van der Waals surface area contributed by atoms with Crippen molar-refractivity contribution in [3.63, 3.8) is 0 Å². The van der Waals surface area contributed by atoms with Crippen LogP contribution in [-0.2, 0) is 6.54 Å². The summed E-state index contributed by atoms with van der Waals surface area (Å²) in [7, 11) is 0. The highest BCUT2D eigenvalue weighted by atomic mass is 32.1. The first-order chi connectivity index (χ1) is 6.43. The molecular formula is C9H17N3S. The number of rotatable bonds is 7. The van der Waals surface area contributed by atoms with Crippen molar-refractivity contribution < 1.29 is 0 Å². The molecule has 0 spiro atoms. The minimum atomic E-state index is 0.943. The Hall–Kier alpha value is -0.450. The molecule has 0 aliphatic carbocycles. The first kappa shape index (κ1) is 10.6. The van der Waals surface area contributed by atoms with Crippen LogP contribution in [0, 0.1) is 0 Å². The monoisotopic (exact) mass is 199 g/mol. The van der Waals surface area contributed by atoms with E-state index in [9.17, 15) is 0 Å². The van der Waals surface area contributed by atoms with E-state index in [0.717, 1.165) is 26.2 Å². The first-order valence-corrected chi connectivity index (χ1v) is 5.60. The summed E-state index contributed by atoms with van der Waals surface area (Å²) in [5, 5.41) is 6.70. The lowest BCUT2D eigenvalue weighted by atomic mass is 10.4. The highest BCUT2D eigenvalue weighted by Crippen LogP contribution is 2.03. The van der Waals surface area contributed by atoms with Crippen molar-refractivity contribution in [1.29, 1.82) is 0 Å². The minimum Gasteiger partial charge on any atom is -0.315 e. The van der Waals surface area contributed by atoms with Crippen LogP contribution >= 0.6 is 11.3 Å². The quantitative estimate of drug-likeness (QED) is 0.649. The first-order valence-electron chi connectivity index (χ1n) is 4.72. The molecule has 1 heterocycles. The van der Waals surface area contributed by atoms with Gasteiger partial charge < -0.3 is 10.6 Å². The molecule has 4 heteroatoms. The summed E-state index contributed by atoms with van der Waals surface area (Å²) < 4.78 is 0. The Labute approximate surface area is 83.6 Å². The zero-order valence-corrected chi connectivity index (χ0v) is 8.86. The van der Waals surface area contributed by atoms with E-state index in [-0.39, 0.29) is 0 Å². The molecule has 0 amide bonds. The molecule has 0 saturated heterocycles. The van der Waals surface area contributed by atoms with E-state index in [0.29, 0.717) is 0 Å². The van der Waals surface area contributed by atoms with Crippen LogP contribution in [0.25, 0.3) is 0 Å². The number of nitrogens with one attached hydrogen (secondary N) is 2. The van der Waals surface area contributed by atoms with Gasteiger partial charge in [-0.15, -0.1) is 11.3 Å². The van der Waals surface area contributed by atoms with E-state index in [2.05, 4.69) is 22.5 Å². The van der Waals surface area contributed by atoms with Crippen molar-refractivity contribution in [3.8, 4) is 0 Å². The molecule has 0 radical (unpaired) electrons. The number of hydrogen-bond donors (Lipinski definition) is 2. The highest BCUT2D eigenvalue weighted by Gasteiger charge is 1.92. The molecule has 0 atom stereocenters. The van der Waals surface area contributed by atoms with Crippen LogP contribution in [0.4, 0.5) is 0 Å². The molecule has 0 aliphatic rings. The molecule has 3 nitrogen and oxygen atoms in total. The average molecular weight is 199 g/mol. The fourth-order valence-corrected chi connectivity index (χ4v) is 1.58. The zero-order chi connectivity index (χ0) is 9.36. The van der Waals surface area contributed by atoms with Crippen molar-refractivity contribution in [3.05, 3.63) is 16.6 Å². The molecule has 1 aromatic rings. The fourth-order valence-electron chi connectivity index (χ4n) is 1.02. The second-order valence-corrected chi connectivity index (χ2v) is 3.87. The van der Waals surface area contributed by atoms with Gasteiger partial charge in [-0.2, -0.15) is 0 Å². The smallest absolute Gasteiger partial charge is 0.0794 e. The molecule has 1 rings (SSSR count). The SMILES string of the molecule is CCCNCCNCc1cncs1. The van der Waals surface area contributed by atoms with Crippen molar-refractivity contribution in [1.82, 2.24) is 15.6 Å². The Bertz CT molecular complexity index is 199. The number of thiazole rings is 1. The molecule has 0 aromatic carbocycles. The lowest BCUT2D eigenvalue weighted by molar-refractivity contribution is 0.609. The number of aromatic nitrogens is 1. The van der Waals surface area contributed by atoms with Gasteiger partial charge in [0.05, 0.1) is 5.51 Å². The summed E-state index contributed by atoms with van der Waals surface area (Å²) in [6.07, 6.45) is 3.12. The van der Waals surface area contributed by atoms with Gasteiger partial charge in [-0.1, -0.05) is 6.92 Å². The van der Waals surface area contributed by atoms with Crippen molar-refractivity contribution in [2.24, 2.45) is 0 Å². The summed E-state index contributed by atoms with van der Waals surface area (Å²) >= 11 is 1.70. The molecule has 0 aliphatic heterocycles. The Morgan fingerprint density at radius 1 is 1.31 bits per heavy atom. The van der Waals surface area contributed by atoms with Gasteiger partial charge >= 0.3 is 0 Å². The van der Waals surface area contributed by atoms with Gasteiger partial charge in [0.1, 0.15) is 0 Å². The molecule has 0 unspecified atom stereocenters. The Balaban J connectivity index is 1.90. The summed E-state index contributed by atoms with van der Waals surface area (Å²) in [6, 6.07) is 0. The lowest BCUT2D eigenvalue weighted by Crippen LogP contribution is -2.27. The van der Waals surface area contributed by atoms with Crippen molar-refractivity contribution in [2.45, 2.75) is 19.9 Å². The van der Waals surface area contributed by atoms with Crippen molar-refractivity contribution >= 4 is 11.3 Å². The number of nitrogens with zero attached hydrogens (tertiary/aromatic N) is 1. The standard InChI is InChI=1S/C9H17N3S/c1-2-3-10-4-5-11-6-9-7-12-8-13-9/h7-8,10-11H,2-6H2,1H3. The maximum atomic E-state index is 4.01. The van der Waals surface area contributed by atoms with E-state index in [1.165, 1.54) is 11.3 Å². The Kier molecular flexibility index (Phi) is 5.73. The maximum Gasteiger partial charge on any atom is 0.0794 e. The van der Waals surface area contributed by atoms with E-state index < -0.39 is 0 Å². The van der Waals surface area contributed by atoms with Crippen LogP contribution < -0.4 is 10.6 Å². The van der Waals surface area contributed by atoms with Crippen LogP contribution in [0.3, 0.4) is 0 Å². The van der Waals surface area contributed by atoms with Crippen LogP contribution in [0.2, 0.25) is 0 Å². The highest BCUT2D eigenvalue weighted by molar-refractivity contribution is 7.09. The third kappa shape index (κ3) is 4.98. The Morgan fingerprint density at radius 2 is 2.15 bits per heavy atom. The molecule has 0 fully saturated rings. The molecule has 13 heavy (non-hydrogen) atoms. The van der Waals surface area contributed by atoms with Crippen LogP contribution in [0.15, 0.2) is 11.7 Å². The third-order valence-corrected chi connectivity index (χ3v) is 2.47.